The predicted octanol–water partition coefficient (Wildman–Crippen LogP) is 3.56. The van der Waals surface area contributed by atoms with E-state index in [9.17, 15) is 9.59 Å². The van der Waals surface area contributed by atoms with Crippen LogP contribution in [0.1, 0.15) is 28.9 Å². The van der Waals surface area contributed by atoms with Gasteiger partial charge in [-0.2, -0.15) is 0 Å². The van der Waals surface area contributed by atoms with Gasteiger partial charge in [-0.25, -0.2) is 4.98 Å². The first kappa shape index (κ1) is 22.1. The summed E-state index contributed by atoms with van der Waals surface area (Å²) >= 11 is 0. The Balaban J connectivity index is 1.45. The SMILES string of the molecule is Cc1c(CN(C)C(=O)/C=C/c2cnc3c(c2)CCC(=O)N3COPO)oc2ccccc12. The van der Waals surface area contributed by atoms with E-state index in [0.717, 1.165) is 33.4 Å². The Kier molecular flexibility index (Phi) is 6.65. The summed E-state index contributed by atoms with van der Waals surface area (Å²) in [6.07, 6.45) is 5.74. The van der Waals surface area contributed by atoms with Crippen LogP contribution in [0, 0.1) is 6.92 Å². The summed E-state index contributed by atoms with van der Waals surface area (Å²) < 4.78 is 10.9. The maximum atomic E-state index is 12.6. The van der Waals surface area contributed by atoms with E-state index in [1.54, 1.807) is 24.2 Å². The van der Waals surface area contributed by atoms with E-state index in [2.05, 4.69) is 4.98 Å². The first-order valence-corrected chi connectivity index (χ1v) is 11.0. The fourth-order valence-electron chi connectivity index (χ4n) is 3.72. The van der Waals surface area contributed by atoms with Gasteiger partial charge in [0.15, 0.2) is 9.03 Å². The second-order valence-electron chi connectivity index (χ2n) is 7.61. The number of pyridine rings is 1. The predicted molar refractivity (Wildman–Crippen MR) is 123 cm³/mol. The monoisotopic (exact) mass is 453 g/mol. The largest absolute Gasteiger partial charge is 0.459 e. The lowest BCUT2D eigenvalue weighted by Gasteiger charge is -2.27. The minimum absolute atomic E-state index is 0.0343. The summed E-state index contributed by atoms with van der Waals surface area (Å²) in [6.45, 7) is 2.33. The van der Waals surface area contributed by atoms with Crippen LogP contribution in [0.2, 0.25) is 0 Å². The van der Waals surface area contributed by atoms with Crippen molar-refractivity contribution in [2.24, 2.45) is 0 Å². The molecule has 1 atom stereocenters. The van der Waals surface area contributed by atoms with Crippen LogP contribution in [0.15, 0.2) is 47.0 Å². The topological polar surface area (TPSA) is 96.1 Å². The Bertz CT molecular complexity index is 1190. The normalized spacial score (nSPS) is 14.1. The van der Waals surface area contributed by atoms with Crippen LogP contribution in [0.5, 0.6) is 0 Å². The molecule has 3 aromatic rings. The standard InChI is InChI=1S/C23H24N3O5P/c1-15-18-5-3-4-6-19(18)31-20(15)13-25(2)21(27)9-7-16-11-17-8-10-22(28)26(14-30-32-29)23(17)24-12-16/h3-7,9,11-12,29,32H,8,10,13-14H2,1-2H3/b9-7+. The van der Waals surface area contributed by atoms with Gasteiger partial charge in [-0.05, 0) is 42.7 Å². The van der Waals surface area contributed by atoms with Crippen molar-refractivity contribution in [1.82, 2.24) is 9.88 Å². The number of nitrogens with zero attached hydrogens (tertiary/aromatic N) is 3. The molecule has 1 aromatic carbocycles. The van der Waals surface area contributed by atoms with Gasteiger partial charge in [0.2, 0.25) is 11.8 Å². The molecule has 9 heteroatoms. The average Bonchev–Trinajstić information content (AvgIpc) is 3.12. The Labute approximate surface area is 187 Å². The maximum Gasteiger partial charge on any atom is 0.246 e. The lowest BCUT2D eigenvalue weighted by molar-refractivity contribution is -0.125. The molecule has 2 amide bonds. The molecule has 0 aliphatic carbocycles. The molecule has 8 nitrogen and oxygen atoms in total. The van der Waals surface area contributed by atoms with Crippen LogP contribution in [0.25, 0.3) is 17.0 Å². The van der Waals surface area contributed by atoms with Crippen molar-refractivity contribution >= 4 is 43.7 Å². The molecule has 0 spiro atoms. The molecule has 32 heavy (non-hydrogen) atoms. The quantitative estimate of drug-likeness (QED) is 0.434. The highest BCUT2D eigenvalue weighted by Crippen LogP contribution is 2.28. The zero-order chi connectivity index (χ0) is 22.7. The van der Waals surface area contributed by atoms with Crippen LogP contribution in [0.3, 0.4) is 0 Å². The number of anilines is 1. The number of likely N-dealkylation sites (N-methyl/N-ethyl adjacent to an activating group) is 1. The third kappa shape index (κ3) is 4.58. The smallest absolute Gasteiger partial charge is 0.246 e. The number of furan rings is 1. The molecule has 0 saturated heterocycles. The van der Waals surface area contributed by atoms with E-state index >= 15 is 0 Å². The fraction of sp³-hybridized carbons (Fsp3) is 0.261. The number of hydrogen-bond donors (Lipinski definition) is 1. The molecule has 2 aromatic heterocycles. The Morgan fingerprint density at radius 2 is 2.19 bits per heavy atom. The van der Waals surface area contributed by atoms with Crippen molar-refractivity contribution in [3.63, 3.8) is 0 Å². The van der Waals surface area contributed by atoms with Gasteiger partial charge in [-0.1, -0.05) is 18.2 Å². The molecular weight excluding hydrogens is 429 g/mol. The number of hydrogen-bond acceptors (Lipinski definition) is 6. The molecule has 4 rings (SSSR count). The Hall–Kier alpha value is -3.06. The van der Waals surface area contributed by atoms with Gasteiger partial charge in [0.05, 0.1) is 6.54 Å². The van der Waals surface area contributed by atoms with Gasteiger partial charge in [0, 0.05) is 36.7 Å². The lowest BCUT2D eigenvalue weighted by atomic mass is 10.0. The second kappa shape index (κ2) is 9.61. The summed E-state index contributed by atoms with van der Waals surface area (Å²) in [7, 11) is 1.04. The molecule has 0 bridgehead atoms. The summed E-state index contributed by atoms with van der Waals surface area (Å²) in [5.41, 5.74) is 3.52. The van der Waals surface area contributed by atoms with E-state index in [4.69, 9.17) is 13.8 Å². The zero-order valence-electron chi connectivity index (χ0n) is 17.9. The molecule has 0 radical (unpaired) electrons. The molecule has 1 N–H and O–H groups in total. The van der Waals surface area contributed by atoms with Gasteiger partial charge in [-0.15, -0.1) is 0 Å². The second-order valence-corrected chi connectivity index (χ2v) is 8.08. The minimum atomic E-state index is -0.695. The van der Waals surface area contributed by atoms with Crippen molar-refractivity contribution < 1.29 is 23.4 Å². The number of carbonyl (C=O) groups excluding carboxylic acids is 2. The van der Waals surface area contributed by atoms with Gasteiger partial charge < -0.3 is 18.7 Å². The molecule has 3 heterocycles. The van der Waals surface area contributed by atoms with E-state index in [1.807, 2.05) is 37.3 Å². The molecule has 1 unspecified atom stereocenters. The van der Waals surface area contributed by atoms with Crippen LogP contribution in [-0.4, -0.2) is 40.4 Å². The highest BCUT2D eigenvalue weighted by Gasteiger charge is 2.25. The molecule has 0 fully saturated rings. The van der Waals surface area contributed by atoms with E-state index in [-0.39, 0.29) is 18.5 Å². The van der Waals surface area contributed by atoms with Gasteiger partial charge >= 0.3 is 0 Å². The average molecular weight is 453 g/mol. The van der Waals surface area contributed by atoms with Crippen LogP contribution < -0.4 is 4.90 Å². The van der Waals surface area contributed by atoms with E-state index in [0.29, 0.717) is 25.2 Å². The molecule has 0 saturated carbocycles. The third-order valence-electron chi connectivity index (χ3n) is 5.50. The Morgan fingerprint density at radius 3 is 2.97 bits per heavy atom. The van der Waals surface area contributed by atoms with Crippen LogP contribution in [-0.2, 0) is 27.1 Å². The van der Waals surface area contributed by atoms with Gasteiger partial charge in [0.1, 0.15) is 23.9 Å². The number of aromatic nitrogens is 1. The third-order valence-corrected chi connectivity index (χ3v) is 5.76. The zero-order valence-corrected chi connectivity index (χ0v) is 18.9. The summed E-state index contributed by atoms with van der Waals surface area (Å²) in [5, 5.41) is 1.05. The number of benzene rings is 1. The number of aryl methyl sites for hydroxylation is 2. The number of rotatable bonds is 7. The first-order chi connectivity index (χ1) is 15.5. The molecule has 1 aliphatic rings. The van der Waals surface area contributed by atoms with E-state index in [1.165, 1.54) is 11.0 Å². The summed E-state index contributed by atoms with van der Waals surface area (Å²) in [6, 6.07) is 9.73. The lowest BCUT2D eigenvalue weighted by Crippen LogP contribution is -2.37. The van der Waals surface area contributed by atoms with Gasteiger partial charge in [0.25, 0.3) is 0 Å². The molecular formula is C23H24N3O5P. The minimum Gasteiger partial charge on any atom is -0.459 e. The highest BCUT2D eigenvalue weighted by atomic mass is 31.1. The number of carbonyl (C=O) groups is 2. The summed E-state index contributed by atoms with van der Waals surface area (Å²) in [5.74, 6) is 1.04. The number of para-hydroxylation sites is 1. The molecule has 1 aliphatic heterocycles. The van der Waals surface area contributed by atoms with Crippen molar-refractivity contribution in [3.05, 3.63) is 65.1 Å². The van der Waals surface area contributed by atoms with Crippen molar-refractivity contribution in [2.45, 2.75) is 26.3 Å². The maximum absolute atomic E-state index is 12.6. The molecule has 166 valence electrons. The van der Waals surface area contributed by atoms with Crippen LogP contribution >= 0.6 is 9.03 Å². The highest BCUT2D eigenvalue weighted by molar-refractivity contribution is 7.24. The fourth-order valence-corrected chi connectivity index (χ4v) is 3.91. The van der Waals surface area contributed by atoms with Crippen LogP contribution in [0.4, 0.5) is 5.82 Å². The number of amides is 2. The van der Waals surface area contributed by atoms with Crippen molar-refractivity contribution in [1.29, 1.82) is 0 Å². The summed E-state index contributed by atoms with van der Waals surface area (Å²) in [4.78, 5) is 41.0. The number of fused-ring (bicyclic) bond motifs is 2. The van der Waals surface area contributed by atoms with Gasteiger partial charge in [-0.3, -0.25) is 14.5 Å². The first-order valence-electron chi connectivity index (χ1n) is 10.2. The Morgan fingerprint density at radius 1 is 1.38 bits per heavy atom. The van der Waals surface area contributed by atoms with Crippen molar-refractivity contribution in [3.8, 4) is 0 Å². The van der Waals surface area contributed by atoms with E-state index < -0.39 is 9.03 Å². The van der Waals surface area contributed by atoms with Crippen molar-refractivity contribution in [2.75, 3.05) is 18.7 Å².